The van der Waals surface area contributed by atoms with Gasteiger partial charge in [-0.2, -0.15) is 0 Å². The van der Waals surface area contributed by atoms with E-state index in [9.17, 15) is 4.79 Å². The van der Waals surface area contributed by atoms with Gasteiger partial charge >= 0.3 is 51.6 Å². The van der Waals surface area contributed by atoms with Crippen molar-refractivity contribution in [2.45, 2.75) is 16.8 Å². The Morgan fingerprint density at radius 2 is 1.62 bits per heavy atom. The molecule has 8 heavy (non-hydrogen) atoms. The molecule has 0 rings (SSSR count). The summed E-state index contributed by atoms with van der Waals surface area (Å²) in [6, 6.07) is 0. The fraction of sp³-hybridized carbons (Fsp3) is 0.750. The number of hydrogen-bond acceptors (Lipinski definition) is 1. The van der Waals surface area contributed by atoms with E-state index < -0.39 is 17.3 Å². The summed E-state index contributed by atoms with van der Waals surface area (Å²) in [6.45, 7) is 1.57. The minimum absolute atomic E-state index is 0. The first kappa shape index (κ1) is 11.8. The molecule has 0 aliphatic carbocycles. The van der Waals surface area contributed by atoms with E-state index in [1.807, 2.05) is 9.88 Å². The maximum atomic E-state index is 10.4. The quantitative estimate of drug-likeness (QED) is 0.661. The largest absolute Gasteiger partial charge is 0.147 e. The van der Waals surface area contributed by atoms with Crippen LogP contribution in [-0.4, -0.2) is 21.0 Å². The van der Waals surface area contributed by atoms with Crippen LogP contribution < -0.4 is 0 Å². The zero-order chi connectivity index (χ0) is 6.08. The third-order valence-electron chi connectivity index (χ3n) is 0.837. The molecule has 0 aliphatic heterocycles. The molecule has 0 fully saturated rings. The molecule has 0 aromatic heterocycles. The molecule has 0 radical (unpaired) electrons. The summed E-state index contributed by atoms with van der Waals surface area (Å²) in [5.74, 6) is 0. The summed E-state index contributed by atoms with van der Waals surface area (Å²) in [6.07, 6.45) is 0. The normalized spacial score (nSPS) is 10.0. The van der Waals surface area contributed by atoms with E-state index >= 15 is 0 Å². The van der Waals surface area contributed by atoms with Gasteiger partial charge in [-0.25, -0.2) is 0 Å². The average Bonchev–Trinajstić information content (AvgIpc) is 1.31. The van der Waals surface area contributed by atoms with E-state index in [2.05, 4.69) is 0 Å². The number of carbonyl (C=O) groups excluding carboxylic acids is 1. The summed E-state index contributed by atoms with van der Waals surface area (Å²) in [5, 5.41) is 0. The van der Waals surface area contributed by atoms with Gasteiger partial charge in [-0.3, -0.25) is 0 Å². The fourth-order valence-corrected chi connectivity index (χ4v) is 0. The molecule has 0 atom stereocenters. The van der Waals surface area contributed by atoms with Crippen molar-refractivity contribution >= 4 is 42.4 Å². The Bertz CT molecular complexity index is 86.5. The van der Waals surface area contributed by atoms with Crippen molar-refractivity contribution in [1.29, 1.82) is 0 Å². The van der Waals surface area contributed by atoms with E-state index in [-0.39, 0.29) is 16.2 Å². The van der Waals surface area contributed by atoms with Gasteiger partial charge in [0.05, 0.1) is 0 Å². The van der Waals surface area contributed by atoms with Crippen LogP contribution in [0.4, 0.5) is 0 Å². The molecule has 0 heterocycles. The second-order valence-electron chi connectivity index (χ2n) is 2.03. The predicted molar refractivity (Wildman–Crippen MR) is 41.3 cm³/mol. The standard InChI is InChI=1S/C2H3O.2CH3.2ClH.Sn/c1-2-3;;;;;/h1H3;2*1H3;2*1H;/q;;;;;+1/p-1. The molecular weight excluding hydrogens is 254 g/mol. The van der Waals surface area contributed by atoms with Crippen molar-refractivity contribution in [3.63, 3.8) is 0 Å². The molecule has 0 saturated carbocycles. The van der Waals surface area contributed by atoms with Gasteiger partial charge in [0.25, 0.3) is 0 Å². The summed E-state index contributed by atoms with van der Waals surface area (Å²) < 4.78 is 0.218. The summed E-state index contributed by atoms with van der Waals surface area (Å²) in [4.78, 5) is 14.2. The zero-order valence-corrected chi connectivity index (χ0v) is 9.62. The zero-order valence-electron chi connectivity index (χ0n) is 5.19. The third kappa shape index (κ3) is 5.19. The van der Waals surface area contributed by atoms with Crippen molar-refractivity contribution in [3.05, 3.63) is 0 Å². The Balaban J connectivity index is 0. The topological polar surface area (TPSA) is 17.1 Å². The summed E-state index contributed by atoms with van der Waals surface area (Å²) in [7, 11) is 5.73. The van der Waals surface area contributed by atoms with E-state index in [4.69, 9.17) is 8.92 Å². The number of hydrogen-bond donors (Lipinski definition) is 0. The van der Waals surface area contributed by atoms with Crippen LogP contribution >= 0.6 is 21.3 Å². The molecular formula is C4H10Cl2OSn. The van der Waals surface area contributed by atoms with Crippen molar-refractivity contribution in [1.82, 2.24) is 0 Å². The molecule has 4 heteroatoms. The summed E-state index contributed by atoms with van der Waals surface area (Å²) in [5.41, 5.74) is 0. The molecule has 50 valence electrons. The van der Waals surface area contributed by atoms with Gasteiger partial charge in [0.2, 0.25) is 0 Å². The first-order valence-corrected chi connectivity index (χ1v) is 12.9. The summed E-state index contributed by atoms with van der Waals surface area (Å²) >= 11 is -2.53. The van der Waals surface area contributed by atoms with Gasteiger partial charge in [-0.15, -0.1) is 12.4 Å². The minimum atomic E-state index is -2.53. The van der Waals surface area contributed by atoms with Gasteiger partial charge in [-0.05, 0) is 0 Å². The Kier molecular flexibility index (Phi) is 5.84. The van der Waals surface area contributed by atoms with Crippen molar-refractivity contribution in [3.8, 4) is 0 Å². The van der Waals surface area contributed by atoms with Gasteiger partial charge in [0, 0.05) is 0 Å². The van der Waals surface area contributed by atoms with E-state index in [1.165, 1.54) is 0 Å². The smallest absolute Gasteiger partial charge is 0.147 e. The monoisotopic (exact) mass is 264 g/mol. The molecule has 1 nitrogen and oxygen atoms in total. The van der Waals surface area contributed by atoms with Crippen molar-refractivity contribution < 1.29 is 4.79 Å². The van der Waals surface area contributed by atoms with E-state index in [0.29, 0.717) is 0 Å². The molecule has 0 N–H and O–H groups in total. The van der Waals surface area contributed by atoms with Crippen LogP contribution in [0.5, 0.6) is 0 Å². The Labute approximate surface area is 63.8 Å². The second kappa shape index (κ2) is 3.96. The van der Waals surface area contributed by atoms with Crippen LogP contribution in [0.2, 0.25) is 9.88 Å². The average molecular weight is 264 g/mol. The van der Waals surface area contributed by atoms with Crippen LogP contribution in [0.3, 0.4) is 0 Å². The van der Waals surface area contributed by atoms with Crippen LogP contribution in [0.15, 0.2) is 0 Å². The number of halogens is 2. The molecule has 0 aromatic carbocycles. The second-order valence-corrected chi connectivity index (χ2v) is 18.8. The van der Waals surface area contributed by atoms with Gasteiger partial charge in [-0.1, -0.05) is 0 Å². The Hall–Kier alpha value is 1.05. The third-order valence-corrected chi connectivity index (χ3v) is 7.40. The SMILES string of the molecule is C[C](=O)[Sn]([CH3])([CH3])[Cl].Cl. The maximum absolute atomic E-state index is 10.4. The minimum Gasteiger partial charge on any atom is -0.147 e. The predicted octanol–water partition coefficient (Wildman–Crippen LogP) is 1.98. The molecule has 0 saturated heterocycles. The van der Waals surface area contributed by atoms with Gasteiger partial charge < -0.3 is 0 Å². The maximum Gasteiger partial charge on any atom is -0.147 e. The Morgan fingerprint density at radius 1 is 1.50 bits per heavy atom. The number of carbonyl (C=O) groups is 1. The molecule has 0 amide bonds. The first-order valence-electron chi connectivity index (χ1n) is 2.14. The van der Waals surface area contributed by atoms with E-state index in [1.54, 1.807) is 6.92 Å². The van der Waals surface area contributed by atoms with Crippen LogP contribution in [0.1, 0.15) is 6.92 Å². The molecule has 0 unspecified atom stereocenters. The Morgan fingerprint density at radius 3 is 1.62 bits per heavy atom. The fourth-order valence-electron chi connectivity index (χ4n) is 0. The van der Waals surface area contributed by atoms with E-state index in [0.717, 1.165) is 0 Å². The van der Waals surface area contributed by atoms with Crippen LogP contribution in [0, 0.1) is 0 Å². The molecule has 0 spiro atoms. The van der Waals surface area contributed by atoms with Crippen LogP contribution in [0.25, 0.3) is 0 Å². The van der Waals surface area contributed by atoms with Crippen molar-refractivity contribution in [2.24, 2.45) is 0 Å². The van der Waals surface area contributed by atoms with Gasteiger partial charge in [0.15, 0.2) is 0 Å². The van der Waals surface area contributed by atoms with Crippen LogP contribution in [-0.2, 0) is 4.79 Å². The van der Waals surface area contributed by atoms with Gasteiger partial charge in [0.1, 0.15) is 0 Å². The number of rotatable bonds is 1. The molecule has 0 aliphatic rings. The molecule has 0 bridgehead atoms. The molecule has 0 aromatic rings. The first-order chi connectivity index (χ1) is 2.94. The van der Waals surface area contributed by atoms with Crippen molar-refractivity contribution in [2.75, 3.05) is 0 Å².